The van der Waals surface area contributed by atoms with Gasteiger partial charge in [0.05, 0.1) is 6.04 Å². The van der Waals surface area contributed by atoms with Gasteiger partial charge in [-0.25, -0.2) is 0 Å². The molecule has 0 saturated heterocycles. The molecule has 0 radical (unpaired) electrons. The summed E-state index contributed by atoms with van der Waals surface area (Å²) in [5, 5.41) is 3.68. The molecule has 2 rings (SSSR count). The summed E-state index contributed by atoms with van der Waals surface area (Å²) < 4.78 is 1.21. The lowest BCUT2D eigenvalue weighted by Gasteiger charge is -2.19. The number of hydrogen-bond donors (Lipinski definition) is 1. The van der Waals surface area contributed by atoms with E-state index in [4.69, 9.17) is 0 Å². The summed E-state index contributed by atoms with van der Waals surface area (Å²) in [5.74, 6) is 0. The topological polar surface area (TPSA) is 12.0 Å². The van der Waals surface area contributed by atoms with Crippen LogP contribution in [0.15, 0.2) is 28.7 Å². The first-order valence-corrected chi connectivity index (χ1v) is 8.70. The largest absolute Gasteiger partial charge is 0.306 e. The molecule has 1 heterocycles. The Bertz CT molecular complexity index is 589. The minimum absolute atomic E-state index is 0.280. The van der Waals surface area contributed by atoms with Crippen molar-refractivity contribution in [2.24, 2.45) is 0 Å². The molecule has 1 nitrogen and oxygen atoms in total. The average molecular weight is 352 g/mol. The molecule has 1 aromatic carbocycles. The van der Waals surface area contributed by atoms with Crippen molar-refractivity contribution in [3.05, 3.63) is 55.2 Å². The number of halogens is 1. The lowest BCUT2D eigenvalue weighted by molar-refractivity contribution is 0.604. The zero-order valence-corrected chi connectivity index (χ0v) is 15.0. The Morgan fingerprint density at radius 2 is 1.90 bits per heavy atom. The molecule has 0 aliphatic heterocycles. The van der Waals surface area contributed by atoms with Crippen LogP contribution in [0.1, 0.15) is 45.8 Å². The van der Waals surface area contributed by atoms with E-state index >= 15 is 0 Å². The predicted octanol–water partition coefficient (Wildman–Crippen LogP) is 5.52. The molecule has 108 valence electrons. The molecule has 0 aliphatic carbocycles. The summed E-state index contributed by atoms with van der Waals surface area (Å²) in [7, 11) is 0. The molecule has 1 atom stereocenters. The van der Waals surface area contributed by atoms with Crippen LogP contribution in [0.25, 0.3) is 0 Å². The van der Waals surface area contributed by atoms with Crippen LogP contribution in [0, 0.1) is 20.8 Å². The predicted molar refractivity (Wildman–Crippen MR) is 92.8 cm³/mol. The Balaban J connectivity index is 2.41. The van der Waals surface area contributed by atoms with Gasteiger partial charge in [0.25, 0.3) is 0 Å². The lowest BCUT2D eigenvalue weighted by Crippen LogP contribution is -2.22. The lowest BCUT2D eigenvalue weighted by atomic mass is 10.00. The second kappa shape index (κ2) is 6.88. The van der Waals surface area contributed by atoms with Crippen molar-refractivity contribution in [3.8, 4) is 0 Å². The summed E-state index contributed by atoms with van der Waals surface area (Å²) in [6, 6.07) is 9.27. The van der Waals surface area contributed by atoms with Crippen LogP contribution in [-0.2, 0) is 0 Å². The van der Waals surface area contributed by atoms with Crippen molar-refractivity contribution in [1.29, 1.82) is 0 Å². The van der Waals surface area contributed by atoms with Crippen molar-refractivity contribution >= 4 is 27.3 Å². The normalized spacial score (nSPS) is 12.7. The highest BCUT2D eigenvalue weighted by molar-refractivity contribution is 9.10. The van der Waals surface area contributed by atoms with E-state index in [2.05, 4.69) is 73.2 Å². The molecular formula is C17H22BrNS. The van der Waals surface area contributed by atoms with Gasteiger partial charge in [-0.2, -0.15) is 0 Å². The third-order valence-electron chi connectivity index (χ3n) is 3.56. The van der Waals surface area contributed by atoms with Gasteiger partial charge in [0, 0.05) is 14.2 Å². The van der Waals surface area contributed by atoms with E-state index in [9.17, 15) is 0 Å². The van der Waals surface area contributed by atoms with E-state index in [1.807, 2.05) is 11.3 Å². The quantitative estimate of drug-likeness (QED) is 0.747. The summed E-state index contributed by atoms with van der Waals surface area (Å²) in [5.41, 5.74) is 4.06. The number of benzene rings is 1. The number of rotatable bonds is 5. The first-order chi connectivity index (χ1) is 9.52. The highest BCUT2D eigenvalue weighted by Gasteiger charge is 2.19. The zero-order chi connectivity index (χ0) is 14.7. The van der Waals surface area contributed by atoms with Crippen molar-refractivity contribution in [2.45, 2.75) is 40.2 Å². The molecule has 20 heavy (non-hydrogen) atoms. The first-order valence-electron chi connectivity index (χ1n) is 7.09. The van der Waals surface area contributed by atoms with Crippen LogP contribution < -0.4 is 5.32 Å². The van der Waals surface area contributed by atoms with Gasteiger partial charge < -0.3 is 5.32 Å². The fourth-order valence-electron chi connectivity index (χ4n) is 2.29. The van der Waals surface area contributed by atoms with E-state index in [1.165, 1.54) is 30.9 Å². The minimum atomic E-state index is 0.280. The third kappa shape index (κ3) is 3.51. The molecule has 1 unspecified atom stereocenters. The van der Waals surface area contributed by atoms with E-state index < -0.39 is 0 Å². The highest BCUT2D eigenvalue weighted by atomic mass is 79.9. The SMILES string of the molecule is CCCNC(c1ccc(C)c(C)c1)c1sc(C)cc1Br. The Labute approximate surface area is 134 Å². The number of nitrogens with one attached hydrogen (secondary N) is 1. The molecule has 3 heteroatoms. The molecule has 2 aromatic rings. The Morgan fingerprint density at radius 3 is 2.45 bits per heavy atom. The minimum Gasteiger partial charge on any atom is -0.306 e. The molecule has 0 amide bonds. The van der Waals surface area contributed by atoms with E-state index in [0.29, 0.717) is 0 Å². The third-order valence-corrected chi connectivity index (χ3v) is 5.60. The van der Waals surface area contributed by atoms with Gasteiger partial charge in [0.1, 0.15) is 0 Å². The van der Waals surface area contributed by atoms with Crippen LogP contribution in [-0.4, -0.2) is 6.54 Å². The molecule has 1 aromatic heterocycles. The molecular weight excluding hydrogens is 330 g/mol. The molecule has 0 bridgehead atoms. The van der Waals surface area contributed by atoms with Gasteiger partial charge in [-0.15, -0.1) is 11.3 Å². The van der Waals surface area contributed by atoms with E-state index in [0.717, 1.165) is 13.0 Å². The van der Waals surface area contributed by atoms with E-state index in [-0.39, 0.29) is 6.04 Å². The van der Waals surface area contributed by atoms with E-state index in [1.54, 1.807) is 0 Å². The molecule has 0 saturated carbocycles. The second-order valence-corrected chi connectivity index (χ2v) is 7.44. The number of aryl methyl sites for hydroxylation is 3. The smallest absolute Gasteiger partial charge is 0.0682 e. The maximum absolute atomic E-state index is 3.71. The Hall–Kier alpha value is -0.640. The molecule has 0 aliphatic rings. The van der Waals surface area contributed by atoms with Crippen LogP contribution in [0.2, 0.25) is 0 Å². The van der Waals surface area contributed by atoms with Crippen LogP contribution in [0.3, 0.4) is 0 Å². The summed E-state index contributed by atoms with van der Waals surface area (Å²) in [4.78, 5) is 2.72. The van der Waals surface area contributed by atoms with Crippen molar-refractivity contribution in [3.63, 3.8) is 0 Å². The average Bonchev–Trinajstić information content (AvgIpc) is 2.73. The number of thiophene rings is 1. The fourth-order valence-corrected chi connectivity index (χ4v) is 4.28. The zero-order valence-electron chi connectivity index (χ0n) is 12.6. The van der Waals surface area contributed by atoms with Gasteiger partial charge in [0.15, 0.2) is 0 Å². The van der Waals surface area contributed by atoms with Gasteiger partial charge in [-0.05, 0) is 72.4 Å². The fraction of sp³-hybridized carbons (Fsp3) is 0.412. The molecule has 1 N–H and O–H groups in total. The molecule has 0 fully saturated rings. The Morgan fingerprint density at radius 1 is 1.15 bits per heavy atom. The van der Waals surface area contributed by atoms with Crippen molar-refractivity contribution in [1.82, 2.24) is 5.32 Å². The van der Waals surface area contributed by atoms with Crippen molar-refractivity contribution in [2.75, 3.05) is 6.54 Å². The van der Waals surface area contributed by atoms with Crippen molar-refractivity contribution < 1.29 is 0 Å². The van der Waals surface area contributed by atoms with Gasteiger partial charge >= 0.3 is 0 Å². The van der Waals surface area contributed by atoms with Gasteiger partial charge in [0.2, 0.25) is 0 Å². The molecule has 0 spiro atoms. The second-order valence-electron chi connectivity index (χ2n) is 5.30. The number of hydrogen-bond acceptors (Lipinski definition) is 2. The summed E-state index contributed by atoms with van der Waals surface area (Å²) >= 11 is 5.58. The summed E-state index contributed by atoms with van der Waals surface area (Å²) in [6.07, 6.45) is 1.14. The standard InChI is InChI=1S/C17H22BrNS/c1-5-8-19-16(17-15(18)10-13(4)20-17)14-7-6-11(2)12(3)9-14/h6-7,9-10,16,19H,5,8H2,1-4H3. The first kappa shape index (κ1) is 15.7. The Kier molecular flexibility index (Phi) is 5.42. The maximum Gasteiger partial charge on any atom is 0.0682 e. The van der Waals surface area contributed by atoms with Crippen LogP contribution >= 0.6 is 27.3 Å². The van der Waals surface area contributed by atoms with Crippen LogP contribution in [0.5, 0.6) is 0 Å². The van der Waals surface area contributed by atoms with Gasteiger partial charge in [-0.3, -0.25) is 0 Å². The highest BCUT2D eigenvalue weighted by Crippen LogP contribution is 2.36. The maximum atomic E-state index is 3.71. The van der Waals surface area contributed by atoms with Gasteiger partial charge in [-0.1, -0.05) is 25.1 Å². The monoisotopic (exact) mass is 351 g/mol. The van der Waals surface area contributed by atoms with Crippen LogP contribution in [0.4, 0.5) is 0 Å². The summed E-state index contributed by atoms with van der Waals surface area (Å²) in [6.45, 7) is 9.75.